The second kappa shape index (κ2) is 8.69. The molecule has 0 aliphatic rings. The van der Waals surface area contributed by atoms with Crippen molar-refractivity contribution in [3.8, 4) is 0 Å². The topological polar surface area (TPSA) is 26.3 Å². The van der Waals surface area contributed by atoms with E-state index in [9.17, 15) is 4.79 Å². The van der Waals surface area contributed by atoms with Crippen LogP contribution in [0.15, 0.2) is 103 Å². The van der Waals surface area contributed by atoms with Gasteiger partial charge in [-0.2, -0.15) is 0 Å². The van der Waals surface area contributed by atoms with Crippen LogP contribution in [0, 0.1) is 0 Å². The van der Waals surface area contributed by atoms with E-state index in [0.29, 0.717) is 0 Å². The molecular weight excluding hydrogens is 383 g/mol. The summed E-state index contributed by atoms with van der Waals surface area (Å²) in [6.07, 6.45) is 3.52. The molecule has 0 unspecified atom stereocenters. The van der Waals surface area contributed by atoms with Crippen LogP contribution in [0.4, 0.5) is 0 Å². The molecule has 0 fully saturated rings. The molecule has 0 aliphatic heterocycles. The van der Waals surface area contributed by atoms with Crippen molar-refractivity contribution >= 4 is 32.6 Å². The number of methoxy groups -OCH3 is 1. The molecule has 0 atom stereocenters. The van der Waals surface area contributed by atoms with Gasteiger partial charge in [-0.1, -0.05) is 0 Å². The molecule has 0 spiro atoms. The third kappa shape index (κ3) is 3.81. The van der Waals surface area contributed by atoms with Crippen LogP contribution in [0.2, 0.25) is 5.21 Å². The first-order valence-electron chi connectivity index (χ1n) is 8.57. The normalized spacial score (nSPS) is 11.4. The van der Waals surface area contributed by atoms with Gasteiger partial charge in [0.25, 0.3) is 0 Å². The zero-order valence-corrected chi connectivity index (χ0v) is 16.7. The minimum absolute atomic E-state index is 0.312. The molecule has 0 bridgehead atoms. The van der Waals surface area contributed by atoms with Crippen molar-refractivity contribution in [2.75, 3.05) is 7.11 Å². The van der Waals surface area contributed by atoms with Gasteiger partial charge in [0.05, 0.1) is 0 Å². The Bertz CT molecular complexity index is 762. The van der Waals surface area contributed by atoms with Crippen molar-refractivity contribution in [3.05, 3.63) is 103 Å². The van der Waals surface area contributed by atoms with E-state index < -0.39 is 13.6 Å². The summed E-state index contributed by atoms with van der Waals surface area (Å²) in [5.41, 5.74) is 0. The van der Waals surface area contributed by atoms with Gasteiger partial charge in [0, 0.05) is 0 Å². The molecular formula is C23H22AsO2+. The van der Waals surface area contributed by atoms with Gasteiger partial charge in [-0.05, 0) is 0 Å². The molecule has 3 aromatic rings. The summed E-state index contributed by atoms with van der Waals surface area (Å²) >= 11 is -2.75. The zero-order chi connectivity index (χ0) is 18.2. The molecule has 3 rings (SSSR count). The first-order chi connectivity index (χ1) is 12.8. The first-order valence-corrected chi connectivity index (χ1v) is 12.7. The Labute approximate surface area is 157 Å². The summed E-state index contributed by atoms with van der Waals surface area (Å²) in [6, 6.07) is 32.1. The minimum atomic E-state index is -2.75. The van der Waals surface area contributed by atoms with E-state index >= 15 is 0 Å². The summed E-state index contributed by atoms with van der Waals surface area (Å²) in [5, 5.41) is 0.825. The van der Waals surface area contributed by atoms with Crippen molar-refractivity contribution in [2.45, 2.75) is 5.21 Å². The Morgan fingerprint density at radius 3 is 1.50 bits per heavy atom. The fourth-order valence-electron chi connectivity index (χ4n) is 3.19. The van der Waals surface area contributed by atoms with Gasteiger partial charge in [0.2, 0.25) is 0 Å². The molecule has 0 amide bonds. The molecule has 130 valence electrons. The molecule has 3 heteroatoms. The quantitative estimate of drug-likeness (QED) is 0.358. The molecule has 2 nitrogen and oxygen atoms in total. The van der Waals surface area contributed by atoms with Gasteiger partial charge in [-0.25, -0.2) is 0 Å². The van der Waals surface area contributed by atoms with Crippen molar-refractivity contribution in [3.63, 3.8) is 0 Å². The van der Waals surface area contributed by atoms with Gasteiger partial charge in [-0.15, -0.1) is 0 Å². The predicted molar refractivity (Wildman–Crippen MR) is 110 cm³/mol. The fourth-order valence-corrected chi connectivity index (χ4v) is 11.6. The van der Waals surface area contributed by atoms with Gasteiger partial charge in [0.1, 0.15) is 0 Å². The van der Waals surface area contributed by atoms with Crippen LogP contribution in [0.1, 0.15) is 0 Å². The maximum absolute atomic E-state index is 11.6. The number of esters is 1. The van der Waals surface area contributed by atoms with E-state index in [0.717, 1.165) is 5.21 Å². The molecule has 26 heavy (non-hydrogen) atoms. The number of hydrogen-bond acceptors (Lipinski definition) is 2. The molecule has 0 N–H and O–H groups in total. The Kier molecular flexibility index (Phi) is 6.09. The standard InChI is InChI=1S/C23H22AsO2/c1-26-23(25)18-11-19-24(20-12-5-2-6-13-20,21-14-7-3-8-15-21)22-16-9-4-10-17-22/h2-18H,19H2,1H3/q+1/b18-11+. The van der Waals surface area contributed by atoms with Gasteiger partial charge in [-0.3, -0.25) is 0 Å². The molecule has 0 aliphatic carbocycles. The Hall–Kier alpha value is -2.57. The zero-order valence-electron chi connectivity index (χ0n) is 14.8. The summed E-state index contributed by atoms with van der Waals surface area (Å²) in [4.78, 5) is 11.6. The van der Waals surface area contributed by atoms with E-state index in [1.807, 2.05) is 24.3 Å². The van der Waals surface area contributed by atoms with E-state index in [2.05, 4.69) is 72.8 Å². The number of benzene rings is 3. The van der Waals surface area contributed by atoms with Crippen LogP contribution in [0.3, 0.4) is 0 Å². The number of carbonyl (C=O) groups is 1. The number of hydrogen-bond donors (Lipinski definition) is 0. The third-order valence-corrected chi connectivity index (χ3v) is 13.4. The van der Waals surface area contributed by atoms with E-state index in [-0.39, 0.29) is 5.97 Å². The first kappa shape index (κ1) is 18.2. The summed E-state index contributed by atoms with van der Waals surface area (Å²) in [7, 11) is 1.41. The fraction of sp³-hybridized carbons (Fsp3) is 0.0870. The molecule has 0 heterocycles. The van der Waals surface area contributed by atoms with E-state index in [1.165, 1.54) is 20.2 Å². The van der Waals surface area contributed by atoms with Crippen LogP contribution in [-0.4, -0.2) is 26.6 Å². The number of allylic oxidation sites excluding steroid dienone is 1. The Morgan fingerprint density at radius 1 is 0.769 bits per heavy atom. The Balaban J connectivity index is 2.21. The summed E-state index contributed by atoms with van der Waals surface area (Å²) in [5.74, 6) is -0.312. The average Bonchev–Trinajstić information content (AvgIpc) is 2.73. The number of carbonyl (C=O) groups excluding carboxylic acids is 1. The van der Waals surface area contributed by atoms with Crippen LogP contribution in [0.25, 0.3) is 0 Å². The second-order valence-corrected chi connectivity index (χ2v) is 13.3. The Morgan fingerprint density at radius 2 is 1.15 bits per heavy atom. The SMILES string of the molecule is COC(=O)/C=C/C[As+](c1ccccc1)(c1ccccc1)c1ccccc1. The van der Waals surface area contributed by atoms with Gasteiger partial charge in [0.15, 0.2) is 0 Å². The summed E-state index contributed by atoms with van der Waals surface area (Å²) < 4.78 is 8.85. The molecule has 3 aromatic carbocycles. The van der Waals surface area contributed by atoms with Crippen LogP contribution >= 0.6 is 0 Å². The molecule has 0 saturated carbocycles. The molecule has 0 aromatic heterocycles. The maximum atomic E-state index is 11.6. The van der Waals surface area contributed by atoms with Crippen molar-refractivity contribution in [2.24, 2.45) is 0 Å². The number of rotatable bonds is 6. The van der Waals surface area contributed by atoms with Gasteiger partial charge >= 0.3 is 158 Å². The van der Waals surface area contributed by atoms with Crippen molar-refractivity contribution in [1.82, 2.24) is 0 Å². The van der Waals surface area contributed by atoms with Crippen LogP contribution in [-0.2, 0) is 9.53 Å². The van der Waals surface area contributed by atoms with E-state index in [4.69, 9.17) is 4.74 Å². The second-order valence-electron chi connectivity index (χ2n) is 5.92. The van der Waals surface area contributed by atoms with Crippen LogP contribution in [0.5, 0.6) is 0 Å². The van der Waals surface area contributed by atoms with E-state index in [1.54, 1.807) is 6.08 Å². The van der Waals surface area contributed by atoms with Crippen molar-refractivity contribution < 1.29 is 9.53 Å². The third-order valence-electron chi connectivity index (χ3n) is 4.43. The van der Waals surface area contributed by atoms with Crippen molar-refractivity contribution in [1.29, 1.82) is 0 Å². The molecule has 0 radical (unpaired) electrons. The average molecular weight is 405 g/mol. The molecule has 0 saturated heterocycles. The summed E-state index contributed by atoms with van der Waals surface area (Å²) in [6.45, 7) is 0. The number of ether oxygens (including phenoxy) is 1. The predicted octanol–water partition coefficient (Wildman–Crippen LogP) is 2.89. The monoisotopic (exact) mass is 405 g/mol. The van der Waals surface area contributed by atoms with Crippen LogP contribution < -0.4 is 13.1 Å². The van der Waals surface area contributed by atoms with Gasteiger partial charge < -0.3 is 0 Å².